The highest BCUT2D eigenvalue weighted by Gasteiger charge is 2.22. The van der Waals surface area contributed by atoms with E-state index in [0.29, 0.717) is 28.3 Å². The number of methoxy groups -OCH3 is 1. The third-order valence-electron chi connectivity index (χ3n) is 6.57. The molecule has 1 aliphatic carbocycles. The van der Waals surface area contributed by atoms with E-state index in [0.717, 1.165) is 30.0 Å². The fourth-order valence-corrected chi connectivity index (χ4v) is 5.56. The number of nitrogens with zero attached hydrogens (tertiary/aromatic N) is 1. The topological polar surface area (TPSA) is 105 Å². The van der Waals surface area contributed by atoms with E-state index in [2.05, 4.69) is 10.6 Å². The molecule has 3 aromatic rings. The molecule has 1 fully saturated rings. The number of carbonyl (C=O) groups is 2. The van der Waals surface area contributed by atoms with Crippen LogP contribution in [0.1, 0.15) is 52.8 Å². The first-order valence-electron chi connectivity index (χ1n) is 12.2. The molecule has 0 aromatic heterocycles. The van der Waals surface area contributed by atoms with Gasteiger partial charge < -0.3 is 15.4 Å². The molecule has 0 bridgehead atoms. The van der Waals surface area contributed by atoms with Crippen LogP contribution < -0.4 is 19.7 Å². The summed E-state index contributed by atoms with van der Waals surface area (Å²) in [5.41, 5.74) is 1.56. The molecular weight excluding hydrogens is 490 g/mol. The van der Waals surface area contributed by atoms with Crippen LogP contribution >= 0.6 is 0 Å². The van der Waals surface area contributed by atoms with Crippen LogP contribution in [0.3, 0.4) is 0 Å². The summed E-state index contributed by atoms with van der Waals surface area (Å²) in [6, 6.07) is 19.4. The Morgan fingerprint density at radius 2 is 1.51 bits per heavy atom. The number of para-hydroxylation sites is 1. The quantitative estimate of drug-likeness (QED) is 0.442. The van der Waals surface area contributed by atoms with Gasteiger partial charge in [0.2, 0.25) is 0 Å². The number of nitrogens with one attached hydrogen (secondary N) is 2. The molecule has 4 rings (SSSR count). The zero-order valence-electron chi connectivity index (χ0n) is 20.9. The molecule has 8 nitrogen and oxygen atoms in total. The van der Waals surface area contributed by atoms with Crippen molar-refractivity contribution >= 4 is 33.2 Å². The van der Waals surface area contributed by atoms with Crippen molar-refractivity contribution in [3.8, 4) is 5.75 Å². The van der Waals surface area contributed by atoms with Crippen molar-refractivity contribution in [1.82, 2.24) is 5.32 Å². The largest absolute Gasteiger partial charge is 0.497 e. The first-order valence-corrected chi connectivity index (χ1v) is 13.7. The number of carbonyl (C=O) groups excluding carboxylic acids is 2. The average molecular weight is 522 g/mol. The van der Waals surface area contributed by atoms with Gasteiger partial charge in [-0.25, -0.2) is 8.42 Å². The summed E-state index contributed by atoms with van der Waals surface area (Å²) in [6.07, 6.45) is 5.34. The Balaban J connectivity index is 1.45. The Hall–Kier alpha value is -3.85. The Morgan fingerprint density at radius 3 is 2.16 bits per heavy atom. The number of hydrogen-bond donors (Lipinski definition) is 2. The van der Waals surface area contributed by atoms with Crippen molar-refractivity contribution in [3.05, 3.63) is 83.9 Å². The average Bonchev–Trinajstić information content (AvgIpc) is 2.93. The van der Waals surface area contributed by atoms with Crippen LogP contribution in [-0.2, 0) is 10.0 Å². The maximum atomic E-state index is 13.0. The monoisotopic (exact) mass is 521 g/mol. The summed E-state index contributed by atoms with van der Waals surface area (Å²) in [4.78, 5) is 26.0. The zero-order chi connectivity index (χ0) is 26.4. The molecule has 2 N–H and O–H groups in total. The lowest BCUT2D eigenvalue weighted by Crippen LogP contribution is -2.36. The van der Waals surface area contributed by atoms with Crippen LogP contribution in [-0.4, -0.2) is 40.4 Å². The van der Waals surface area contributed by atoms with Gasteiger partial charge in [-0.2, -0.15) is 0 Å². The highest BCUT2D eigenvalue weighted by Crippen LogP contribution is 2.25. The maximum Gasteiger partial charge on any atom is 0.264 e. The van der Waals surface area contributed by atoms with E-state index in [1.54, 1.807) is 60.7 Å². The molecule has 3 aromatic carbocycles. The van der Waals surface area contributed by atoms with Crippen molar-refractivity contribution in [3.63, 3.8) is 0 Å². The molecule has 37 heavy (non-hydrogen) atoms. The number of hydrogen-bond acceptors (Lipinski definition) is 5. The summed E-state index contributed by atoms with van der Waals surface area (Å²) in [7, 11) is -0.827. The molecule has 1 aliphatic rings. The molecule has 0 heterocycles. The molecule has 0 radical (unpaired) electrons. The first kappa shape index (κ1) is 26.2. The van der Waals surface area contributed by atoms with Gasteiger partial charge in [0, 0.05) is 18.7 Å². The fraction of sp³-hybridized carbons (Fsp3) is 0.286. The smallest absolute Gasteiger partial charge is 0.264 e. The minimum absolute atomic E-state index is 0.126. The van der Waals surface area contributed by atoms with Crippen LogP contribution in [0.5, 0.6) is 5.75 Å². The van der Waals surface area contributed by atoms with Gasteiger partial charge in [-0.15, -0.1) is 0 Å². The Kier molecular flexibility index (Phi) is 8.13. The number of benzene rings is 3. The number of rotatable bonds is 8. The summed E-state index contributed by atoms with van der Waals surface area (Å²) in [5, 5.41) is 5.90. The molecule has 0 spiro atoms. The van der Waals surface area contributed by atoms with Gasteiger partial charge in [-0.3, -0.25) is 13.9 Å². The fourth-order valence-electron chi connectivity index (χ4n) is 4.36. The SMILES string of the molecule is COc1ccc(S(=O)(=O)N(C)c2ccc(C(=O)Nc3ccccc3C(=O)NC3CCCCC3)cc2)cc1. The van der Waals surface area contributed by atoms with Gasteiger partial charge >= 0.3 is 0 Å². The van der Waals surface area contributed by atoms with Crippen molar-refractivity contribution in [1.29, 1.82) is 0 Å². The number of amides is 2. The van der Waals surface area contributed by atoms with E-state index in [1.807, 2.05) is 0 Å². The lowest BCUT2D eigenvalue weighted by atomic mass is 9.95. The first-order chi connectivity index (χ1) is 17.8. The number of sulfonamides is 1. The van der Waals surface area contributed by atoms with Gasteiger partial charge in [-0.05, 0) is 73.5 Å². The predicted octanol–water partition coefficient (Wildman–Crippen LogP) is 4.84. The molecule has 0 aliphatic heterocycles. The Bertz CT molecular complexity index is 1350. The van der Waals surface area contributed by atoms with E-state index in [-0.39, 0.29) is 16.8 Å². The zero-order valence-corrected chi connectivity index (χ0v) is 21.8. The van der Waals surface area contributed by atoms with Crippen LogP contribution in [0.2, 0.25) is 0 Å². The summed E-state index contributed by atoms with van der Waals surface area (Å²) < 4.78 is 32.3. The van der Waals surface area contributed by atoms with Crippen molar-refractivity contribution in [2.24, 2.45) is 0 Å². The minimum Gasteiger partial charge on any atom is -0.497 e. The van der Waals surface area contributed by atoms with E-state index in [4.69, 9.17) is 4.74 Å². The van der Waals surface area contributed by atoms with Gasteiger partial charge in [0.05, 0.1) is 28.9 Å². The minimum atomic E-state index is -3.79. The summed E-state index contributed by atoms with van der Waals surface area (Å²) in [6.45, 7) is 0. The van der Waals surface area contributed by atoms with Crippen LogP contribution in [0.25, 0.3) is 0 Å². The third kappa shape index (κ3) is 6.11. The van der Waals surface area contributed by atoms with E-state index < -0.39 is 15.9 Å². The van der Waals surface area contributed by atoms with Crippen LogP contribution in [0.4, 0.5) is 11.4 Å². The molecule has 0 saturated heterocycles. The van der Waals surface area contributed by atoms with Gasteiger partial charge in [0.25, 0.3) is 21.8 Å². The summed E-state index contributed by atoms with van der Waals surface area (Å²) in [5.74, 6) is -0.0429. The van der Waals surface area contributed by atoms with Crippen molar-refractivity contribution in [2.45, 2.75) is 43.0 Å². The molecule has 2 amide bonds. The van der Waals surface area contributed by atoms with Crippen LogP contribution in [0.15, 0.2) is 77.7 Å². The highest BCUT2D eigenvalue weighted by molar-refractivity contribution is 7.92. The highest BCUT2D eigenvalue weighted by atomic mass is 32.2. The molecule has 0 atom stereocenters. The normalized spacial score (nSPS) is 14.0. The second-order valence-corrected chi connectivity index (χ2v) is 11.0. The third-order valence-corrected chi connectivity index (χ3v) is 8.37. The van der Waals surface area contributed by atoms with Gasteiger partial charge in [0.1, 0.15) is 5.75 Å². The van der Waals surface area contributed by atoms with E-state index in [1.165, 1.54) is 32.7 Å². The standard InChI is InChI=1S/C28H31N3O5S/c1-31(37(34,35)24-18-16-23(36-2)17-19-24)22-14-12-20(13-15-22)27(32)30-26-11-7-6-10-25(26)28(33)29-21-8-4-3-5-9-21/h6-7,10-19,21H,3-5,8-9H2,1-2H3,(H,29,33)(H,30,32). The lowest BCUT2D eigenvalue weighted by molar-refractivity contribution is 0.0928. The second-order valence-electron chi connectivity index (χ2n) is 9.00. The molecule has 0 unspecified atom stereocenters. The number of anilines is 2. The van der Waals surface area contributed by atoms with Crippen LogP contribution in [0, 0.1) is 0 Å². The van der Waals surface area contributed by atoms with E-state index in [9.17, 15) is 18.0 Å². The number of ether oxygens (including phenoxy) is 1. The Labute approximate surface area is 217 Å². The Morgan fingerprint density at radius 1 is 0.865 bits per heavy atom. The predicted molar refractivity (Wildman–Crippen MR) is 144 cm³/mol. The molecule has 9 heteroatoms. The second kappa shape index (κ2) is 11.5. The molecular formula is C28H31N3O5S. The summed E-state index contributed by atoms with van der Waals surface area (Å²) >= 11 is 0. The lowest BCUT2D eigenvalue weighted by Gasteiger charge is -2.23. The maximum absolute atomic E-state index is 13.0. The van der Waals surface area contributed by atoms with Crippen molar-refractivity contribution < 1.29 is 22.7 Å². The van der Waals surface area contributed by atoms with E-state index >= 15 is 0 Å². The van der Waals surface area contributed by atoms with Crippen molar-refractivity contribution in [2.75, 3.05) is 23.8 Å². The van der Waals surface area contributed by atoms with Gasteiger partial charge in [-0.1, -0.05) is 31.4 Å². The molecule has 194 valence electrons. The molecule has 1 saturated carbocycles. The van der Waals surface area contributed by atoms with Gasteiger partial charge in [0.15, 0.2) is 0 Å².